The number of aryl methyl sites for hydroxylation is 1. The first-order valence-electron chi connectivity index (χ1n) is 10.1. The Hall–Kier alpha value is -2.93. The van der Waals surface area contributed by atoms with Gasteiger partial charge in [0.15, 0.2) is 5.96 Å². The molecule has 7 heteroatoms. The molecule has 30 heavy (non-hydrogen) atoms. The van der Waals surface area contributed by atoms with Gasteiger partial charge in [0.2, 0.25) is 0 Å². The van der Waals surface area contributed by atoms with E-state index in [0.29, 0.717) is 26.3 Å². The summed E-state index contributed by atoms with van der Waals surface area (Å²) in [4.78, 5) is 4.70. The molecule has 0 radical (unpaired) electrons. The Labute approximate surface area is 179 Å². The van der Waals surface area contributed by atoms with Crippen molar-refractivity contribution in [3.05, 3.63) is 53.1 Å². The van der Waals surface area contributed by atoms with Gasteiger partial charge in [-0.1, -0.05) is 12.1 Å². The molecule has 2 rings (SSSR count). The zero-order chi connectivity index (χ0) is 21.8. The normalized spacial score (nSPS) is 11.2. The Balaban J connectivity index is 2.09. The van der Waals surface area contributed by atoms with Crippen LogP contribution >= 0.6 is 0 Å². The van der Waals surface area contributed by atoms with Crippen molar-refractivity contribution >= 4 is 5.96 Å². The Bertz CT molecular complexity index is 824. The van der Waals surface area contributed by atoms with Gasteiger partial charge in [-0.3, -0.25) is 0 Å². The summed E-state index contributed by atoms with van der Waals surface area (Å²) >= 11 is 0. The van der Waals surface area contributed by atoms with Crippen molar-refractivity contribution in [2.45, 2.75) is 26.9 Å². The molecule has 0 aliphatic carbocycles. The molecule has 0 aliphatic heterocycles. The highest BCUT2D eigenvalue weighted by molar-refractivity contribution is 5.79. The summed E-state index contributed by atoms with van der Waals surface area (Å²) in [5.41, 5.74) is 3.19. The highest BCUT2D eigenvalue weighted by atomic mass is 16.5. The van der Waals surface area contributed by atoms with Gasteiger partial charge in [0.25, 0.3) is 0 Å². The number of benzene rings is 2. The third-order valence-corrected chi connectivity index (χ3v) is 4.46. The third kappa shape index (κ3) is 7.15. The van der Waals surface area contributed by atoms with E-state index in [2.05, 4.69) is 22.8 Å². The lowest BCUT2D eigenvalue weighted by atomic mass is 10.1. The number of hydrogen-bond acceptors (Lipinski definition) is 5. The van der Waals surface area contributed by atoms with Crippen LogP contribution in [0.15, 0.2) is 41.4 Å². The second-order valence-corrected chi connectivity index (χ2v) is 6.68. The van der Waals surface area contributed by atoms with Crippen LogP contribution in [-0.2, 0) is 17.8 Å². The zero-order valence-corrected chi connectivity index (χ0v) is 18.6. The molecule has 0 aromatic heterocycles. The zero-order valence-electron chi connectivity index (χ0n) is 18.6. The smallest absolute Gasteiger partial charge is 0.191 e. The maximum Gasteiger partial charge on any atom is 0.191 e. The molecule has 0 heterocycles. The van der Waals surface area contributed by atoms with Crippen LogP contribution in [0.5, 0.6) is 17.2 Å². The number of nitrogens with one attached hydrogen (secondary N) is 2. The van der Waals surface area contributed by atoms with Crippen molar-refractivity contribution in [3.8, 4) is 17.2 Å². The molecule has 0 unspecified atom stereocenters. The second-order valence-electron chi connectivity index (χ2n) is 6.68. The molecule has 164 valence electrons. The number of guanidine groups is 1. The molecule has 0 bridgehead atoms. The van der Waals surface area contributed by atoms with E-state index in [4.69, 9.17) is 23.9 Å². The van der Waals surface area contributed by atoms with Crippen LogP contribution in [0.3, 0.4) is 0 Å². The lowest BCUT2D eigenvalue weighted by molar-refractivity contribution is 0.145. The number of ether oxygens (including phenoxy) is 4. The van der Waals surface area contributed by atoms with Gasteiger partial charge >= 0.3 is 0 Å². The minimum Gasteiger partial charge on any atom is -0.497 e. The molecular weight excluding hydrogens is 382 g/mol. The summed E-state index contributed by atoms with van der Waals surface area (Å²) in [5.74, 6) is 3.08. The van der Waals surface area contributed by atoms with E-state index in [-0.39, 0.29) is 0 Å². The number of aliphatic imine (C=N–C) groups is 1. The Morgan fingerprint density at radius 3 is 2.40 bits per heavy atom. The molecule has 2 N–H and O–H groups in total. The summed E-state index contributed by atoms with van der Waals surface area (Å²) in [6.07, 6.45) is 0. The summed E-state index contributed by atoms with van der Waals surface area (Å²) in [7, 11) is 4.95. The molecule has 0 amide bonds. The Kier molecular flexibility index (Phi) is 9.80. The van der Waals surface area contributed by atoms with Crippen LogP contribution in [0.4, 0.5) is 0 Å². The first kappa shape index (κ1) is 23.3. The van der Waals surface area contributed by atoms with E-state index >= 15 is 0 Å². The van der Waals surface area contributed by atoms with E-state index < -0.39 is 0 Å². The highest BCUT2D eigenvalue weighted by Crippen LogP contribution is 2.25. The van der Waals surface area contributed by atoms with Crippen LogP contribution in [0, 0.1) is 6.92 Å². The van der Waals surface area contributed by atoms with Crippen molar-refractivity contribution < 1.29 is 18.9 Å². The molecule has 0 spiro atoms. The van der Waals surface area contributed by atoms with Gasteiger partial charge in [0, 0.05) is 37.4 Å². The van der Waals surface area contributed by atoms with Crippen LogP contribution in [-0.4, -0.2) is 47.0 Å². The van der Waals surface area contributed by atoms with Crippen molar-refractivity contribution in [1.29, 1.82) is 0 Å². The first-order chi connectivity index (χ1) is 14.6. The van der Waals surface area contributed by atoms with E-state index in [0.717, 1.165) is 46.4 Å². The fourth-order valence-corrected chi connectivity index (χ4v) is 2.84. The van der Waals surface area contributed by atoms with Crippen LogP contribution in [0.25, 0.3) is 0 Å². The molecule has 7 nitrogen and oxygen atoms in total. The topological polar surface area (TPSA) is 73.3 Å². The molecule has 2 aromatic carbocycles. The van der Waals surface area contributed by atoms with Crippen LogP contribution < -0.4 is 24.8 Å². The number of hydrogen-bond donors (Lipinski definition) is 2. The summed E-state index contributed by atoms with van der Waals surface area (Å²) in [6.45, 7) is 6.98. The fraction of sp³-hybridized carbons (Fsp3) is 0.435. The van der Waals surface area contributed by atoms with Crippen LogP contribution in [0.1, 0.15) is 23.6 Å². The quantitative estimate of drug-likeness (QED) is 0.333. The summed E-state index contributed by atoms with van der Waals surface area (Å²) < 4.78 is 21.7. The van der Waals surface area contributed by atoms with E-state index in [1.54, 1.807) is 21.3 Å². The molecule has 2 aromatic rings. The lowest BCUT2D eigenvalue weighted by Gasteiger charge is -2.15. The number of nitrogens with zero attached hydrogens (tertiary/aromatic N) is 1. The average Bonchev–Trinajstić information content (AvgIpc) is 2.76. The molecular formula is C23H33N3O4. The van der Waals surface area contributed by atoms with Gasteiger partial charge < -0.3 is 29.6 Å². The lowest BCUT2D eigenvalue weighted by Crippen LogP contribution is -2.36. The van der Waals surface area contributed by atoms with Crippen molar-refractivity contribution in [3.63, 3.8) is 0 Å². The predicted molar refractivity (Wildman–Crippen MR) is 120 cm³/mol. The van der Waals surface area contributed by atoms with Crippen molar-refractivity contribution in [1.82, 2.24) is 10.6 Å². The number of rotatable bonds is 11. The molecule has 0 fully saturated rings. The molecule has 0 atom stereocenters. The van der Waals surface area contributed by atoms with Crippen LogP contribution in [0.2, 0.25) is 0 Å². The molecule has 0 saturated heterocycles. The van der Waals surface area contributed by atoms with E-state index in [1.807, 2.05) is 38.1 Å². The van der Waals surface area contributed by atoms with E-state index in [1.165, 1.54) is 0 Å². The maximum atomic E-state index is 5.88. The maximum absolute atomic E-state index is 5.88. The third-order valence-electron chi connectivity index (χ3n) is 4.46. The van der Waals surface area contributed by atoms with Gasteiger partial charge in [-0.2, -0.15) is 0 Å². The standard InChI is InChI=1S/C23H33N3O4/c1-6-24-23(25-15-18-9-10-20(28-4)14-21(18)29-5)26-16-19-8-7-17(2)13-22(19)30-12-11-27-3/h7-10,13-14H,6,11-12,15-16H2,1-5H3,(H2,24,25,26). The number of methoxy groups -OCH3 is 3. The molecule has 0 aliphatic rings. The van der Waals surface area contributed by atoms with Gasteiger partial charge in [-0.05, 0) is 37.6 Å². The largest absolute Gasteiger partial charge is 0.497 e. The van der Waals surface area contributed by atoms with E-state index in [9.17, 15) is 0 Å². The first-order valence-corrected chi connectivity index (χ1v) is 10.1. The molecule has 0 saturated carbocycles. The Morgan fingerprint density at radius 2 is 1.70 bits per heavy atom. The minimum atomic E-state index is 0.480. The Morgan fingerprint density at radius 1 is 0.900 bits per heavy atom. The van der Waals surface area contributed by atoms with Gasteiger partial charge in [0.05, 0.1) is 27.4 Å². The minimum absolute atomic E-state index is 0.480. The average molecular weight is 416 g/mol. The monoisotopic (exact) mass is 415 g/mol. The van der Waals surface area contributed by atoms with Gasteiger partial charge in [-0.25, -0.2) is 4.99 Å². The van der Waals surface area contributed by atoms with Crippen molar-refractivity contribution in [2.75, 3.05) is 41.1 Å². The van der Waals surface area contributed by atoms with Crippen molar-refractivity contribution in [2.24, 2.45) is 4.99 Å². The predicted octanol–water partition coefficient (Wildman–Crippen LogP) is 3.29. The fourth-order valence-electron chi connectivity index (χ4n) is 2.84. The highest BCUT2D eigenvalue weighted by Gasteiger charge is 2.08. The summed E-state index contributed by atoms with van der Waals surface area (Å²) in [6, 6.07) is 11.9. The van der Waals surface area contributed by atoms with Gasteiger partial charge in [0.1, 0.15) is 23.9 Å². The van der Waals surface area contributed by atoms with Gasteiger partial charge in [-0.15, -0.1) is 0 Å². The second kappa shape index (κ2) is 12.6. The SMILES string of the molecule is CCNC(=NCc1ccc(OC)cc1OC)NCc1ccc(C)cc1OCCOC. The summed E-state index contributed by atoms with van der Waals surface area (Å²) in [5, 5.41) is 6.66.